The van der Waals surface area contributed by atoms with Gasteiger partial charge in [0.25, 0.3) is 0 Å². The third kappa shape index (κ3) is 2.39. The molecule has 5 nitrogen and oxygen atoms in total. The van der Waals surface area contributed by atoms with E-state index < -0.39 is 17.8 Å². The summed E-state index contributed by atoms with van der Waals surface area (Å²) in [4.78, 5) is 11.7. The van der Waals surface area contributed by atoms with Crippen LogP contribution in [0.1, 0.15) is 11.6 Å². The standard InChI is InChI=1S/C16H13FN2O3/c1-22-14-7-6-11(17)8-12(14)15(16(20)21)19-9-10-4-2-3-5-13(10)18-19/h2-9,15H,1H3,(H,20,21)/t15-/m1/s1. The monoisotopic (exact) mass is 300 g/mol. The number of fused-ring (bicyclic) bond motifs is 1. The molecule has 3 aromatic rings. The van der Waals surface area contributed by atoms with E-state index in [0.29, 0.717) is 11.3 Å². The third-order valence-electron chi connectivity index (χ3n) is 3.42. The Morgan fingerprint density at radius 2 is 2.09 bits per heavy atom. The molecule has 1 N–H and O–H groups in total. The van der Waals surface area contributed by atoms with E-state index in [-0.39, 0.29) is 5.56 Å². The number of nitrogens with zero attached hydrogens (tertiary/aromatic N) is 2. The molecule has 0 saturated heterocycles. The molecule has 0 fully saturated rings. The van der Waals surface area contributed by atoms with Gasteiger partial charge in [-0.25, -0.2) is 9.18 Å². The van der Waals surface area contributed by atoms with E-state index in [4.69, 9.17) is 4.74 Å². The Hall–Kier alpha value is -2.89. The van der Waals surface area contributed by atoms with Crippen molar-refractivity contribution in [2.75, 3.05) is 7.11 Å². The van der Waals surface area contributed by atoms with E-state index in [1.807, 2.05) is 18.2 Å². The van der Waals surface area contributed by atoms with Crippen molar-refractivity contribution in [3.05, 3.63) is 60.0 Å². The molecule has 22 heavy (non-hydrogen) atoms. The van der Waals surface area contributed by atoms with Crippen molar-refractivity contribution in [1.29, 1.82) is 0 Å². The molecule has 0 radical (unpaired) electrons. The number of methoxy groups -OCH3 is 1. The predicted octanol–water partition coefficient (Wildman–Crippen LogP) is 2.86. The smallest absolute Gasteiger partial charge is 0.333 e. The van der Waals surface area contributed by atoms with Gasteiger partial charge in [-0.05, 0) is 24.3 Å². The minimum atomic E-state index is -1.17. The lowest BCUT2D eigenvalue weighted by molar-refractivity contribution is -0.139. The van der Waals surface area contributed by atoms with Crippen LogP contribution < -0.4 is 4.74 Å². The molecule has 0 bridgehead atoms. The van der Waals surface area contributed by atoms with E-state index in [2.05, 4.69) is 5.10 Å². The number of aromatic nitrogens is 2. The number of carboxylic acids is 1. The van der Waals surface area contributed by atoms with Gasteiger partial charge in [0.05, 0.1) is 12.6 Å². The van der Waals surface area contributed by atoms with E-state index in [1.54, 1.807) is 12.3 Å². The van der Waals surface area contributed by atoms with E-state index >= 15 is 0 Å². The van der Waals surface area contributed by atoms with Crippen molar-refractivity contribution >= 4 is 16.9 Å². The lowest BCUT2D eigenvalue weighted by Crippen LogP contribution is -2.21. The van der Waals surface area contributed by atoms with Gasteiger partial charge >= 0.3 is 5.97 Å². The summed E-state index contributed by atoms with van der Waals surface area (Å²) in [5.41, 5.74) is 0.881. The molecule has 2 aromatic carbocycles. The Balaban J connectivity index is 2.18. The fourth-order valence-corrected chi connectivity index (χ4v) is 2.42. The minimum absolute atomic E-state index is 0.211. The quantitative estimate of drug-likeness (QED) is 0.804. The SMILES string of the molecule is COc1ccc(F)cc1[C@H](C(=O)O)n1cc2ccccc2n1. The maximum absolute atomic E-state index is 13.5. The second-order valence-corrected chi connectivity index (χ2v) is 4.79. The summed E-state index contributed by atoms with van der Waals surface area (Å²) in [6.07, 6.45) is 1.62. The topological polar surface area (TPSA) is 64.3 Å². The van der Waals surface area contributed by atoms with Gasteiger partial charge in [-0.3, -0.25) is 4.68 Å². The van der Waals surface area contributed by atoms with Crippen LogP contribution in [0.5, 0.6) is 5.75 Å². The second kappa shape index (κ2) is 5.48. The van der Waals surface area contributed by atoms with Crippen molar-refractivity contribution < 1.29 is 19.0 Å². The van der Waals surface area contributed by atoms with Crippen molar-refractivity contribution in [2.45, 2.75) is 6.04 Å². The Morgan fingerprint density at radius 1 is 1.32 bits per heavy atom. The van der Waals surface area contributed by atoms with Crippen LogP contribution in [0.4, 0.5) is 4.39 Å². The molecule has 6 heteroatoms. The first kappa shape index (κ1) is 14.1. The molecule has 1 heterocycles. The number of benzene rings is 2. The van der Waals surface area contributed by atoms with E-state index in [0.717, 1.165) is 11.5 Å². The van der Waals surface area contributed by atoms with Gasteiger partial charge in [0, 0.05) is 17.1 Å². The normalized spacial score (nSPS) is 12.3. The molecule has 3 rings (SSSR count). The lowest BCUT2D eigenvalue weighted by Gasteiger charge is -2.16. The van der Waals surface area contributed by atoms with Crippen LogP contribution in [0.25, 0.3) is 10.9 Å². The number of carbonyl (C=O) groups is 1. The highest BCUT2D eigenvalue weighted by atomic mass is 19.1. The molecule has 0 aliphatic rings. The molecule has 1 aromatic heterocycles. The molecule has 0 unspecified atom stereocenters. The van der Waals surface area contributed by atoms with Gasteiger partial charge in [0.1, 0.15) is 11.6 Å². The number of hydrogen-bond acceptors (Lipinski definition) is 3. The van der Waals surface area contributed by atoms with Crippen LogP contribution in [0.2, 0.25) is 0 Å². The summed E-state index contributed by atoms with van der Waals surface area (Å²) in [5, 5.41) is 14.7. The molecule has 0 aliphatic heterocycles. The van der Waals surface area contributed by atoms with Gasteiger partial charge in [-0.1, -0.05) is 18.2 Å². The predicted molar refractivity (Wildman–Crippen MR) is 78.5 cm³/mol. The van der Waals surface area contributed by atoms with Crippen LogP contribution in [-0.2, 0) is 4.79 Å². The molecular weight excluding hydrogens is 287 g/mol. The van der Waals surface area contributed by atoms with Gasteiger partial charge in [-0.15, -0.1) is 0 Å². The first-order valence-corrected chi connectivity index (χ1v) is 6.60. The summed E-state index contributed by atoms with van der Waals surface area (Å²) in [7, 11) is 1.41. The average molecular weight is 300 g/mol. The van der Waals surface area contributed by atoms with Crippen LogP contribution >= 0.6 is 0 Å². The first-order chi connectivity index (χ1) is 10.6. The summed E-state index contributed by atoms with van der Waals surface area (Å²) < 4.78 is 20.0. The fraction of sp³-hybridized carbons (Fsp3) is 0.125. The van der Waals surface area contributed by atoms with Gasteiger partial charge in [0.15, 0.2) is 6.04 Å². The number of rotatable bonds is 4. The highest BCUT2D eigenvalue weighted by Gasteiger charge is 2.27. The molecule has 0 amide bonds. The summed E-state index contributed by atoms with van der Waals surface area (Å²) in [6, 6.07) is 9.89. The highest BCUT2D eigenvalue weighted by molar-refractivity contribution is 5.81. The number of hydrogen-bond donors (Lipinski definition) is 1. The van der Waals surface area contributed by atoms with E-state index in [9.17, 15) is 14.3 Å². The Bertz CT molecular complexity index is 811. The Morgan fingerprint density at radius 3 is 2.77 bits per heavy atom. The van der Waals surface area contributed by atoms with Crippen LogP contribution in [0, 0.1) is 5.82 Å². The Kier molecular flexibility index (Phi) is 3.50. The summed E-state index contributed by atoms with van der Waals surface area (Å²) in [5.74, 6) is -1.37. The van der Waals surface area contributed by atoms with E-state index in [1.165, 1.54) is 23.9 Å². The van der Waals surface area contributed by atoms with Crippen molar-refractivity contribution in [3.8, 4) is 5.75 Å². The zero-order chi connectivity index (χ0) is 15.7. The maximum atomic E-state index is 13.5. The molecular formula is C16H13FN2O3. The van der Waals surface area contributed by atoms with Gasteiger partial charge in [0.2, 0.25) is 0 Å². The third-order valence-corrected chi connectivity index (χ3v) is 3.42. The lowest BCUT2D eigenvalue weighted by atomic mass is 10.1. The molecule has 0 spiro atoms. The number of ether oxygens (including phenoxy) is 1. The first-order valence-electron chi connectivity index (χ1n) is 6.60. The fourth-order valence-electron chi connectivity index (χ4n) is 2.42. The van der Waals surface area contributed by atoms with Crippen molar-refractivity contribution in [2.24, 2.45) is 0 Å². The number of halogens is 1. The molecule has 0 aliphatic carbocycles. The average Bonchev–Trinajstić information content (AvgIpc) is 2.90. The minimum Gasteiger partial charge on any atom is -0.496 e. The van der Waals surface area contributed by atoms with Crippen molar-refractivity contribution in [3.63, 3.8) is 0 Å². The zero-order valence-electron chi connectivity index (χ0n) is 11.7. The summed E-state index contributed by atoms with van der Waals surface area (Å²) >= 11 is 0. The number of carboxylic acid groups (broad SMARTS) is 1. The highest BCUT2D eigenvalue weighted by Crippen LogP contribution is 2.30. The second-order valence-electron chi connectivity index (χ2n) is 4.79. The molecule has 1 atom stereocenters. The van der Waals surface area contributed by atoms with Gasteiger partial charge in [-0.2, -0.15) is 5.10 Å². The summed E-state index contributed by atoms with van der Waals surface area (Å²) in [6.45, 7) is 0. The largest absolute Gasteiger partial charge is 0.496 e. The van der Waals surface area contributed by atoms with Gasteiger partial charge < -0.3 is 9.84 Å². The van der Waals surface area contributed by atoms with Crippen LogP contribution in [0.3, 0.4) is 0 Å². The molecule has 112 valence electrons. The maximum Gasteiger partial charge on any atom is 0.333 e. The zero-order valence-corrected chi connectivity index (χ0v) is 11.7. The van der Waals surface area contributed by atoms with Crippen LogP contribution in [-0.4, -0.2) is 28.0 Å². The number of aliphatic carboxylic acids is 1. The Labute approximate surface area is 125 Å². The van der Waals surface area contributed by atoms with Crippen molar-refractivity contribution in [1.82, 2.24) is 9.78 Å². The van der Waals surface area contributed by atoms with Crippen LogP contribution in [0.15, 0.2) is 48.7 Å². The molecule has 0 saturated carbocycles.